The molecule has 0 radical (unpaired) electrons. The molecule has 0 saturated carbocycles. The maximum absolute atomic E-state index is 2.57. The molecule has 3 aromatic heterocycles. The lowest BCUT2D eigenvalue weighted by atomic mass is 10.0. The van der Waals surface area contributed by atoms with E-state index in [4.69, 9.17) is 0 Å². The predicted molar refractivity (Wildman–Crippen MR) is 347 cm³/mol. The van der Waals surface area contributed by atoms with E-state index in [0.717, 1.165) is 123 Å². The highest BCUT2D eigenvalue weighted by molar-refractivity contribution is 6.28. The third-order valence-electron chi connectivity index (χ3n) is 16.4. The summed E-state index contributed by atoms with van der Waals surface area (Å²) >= 11 is 0. The van der Waals surface area contributed by atoms with Crippen molar-refractivity contribution >= 4 is 123 Å². The molecule has 0 unspecified atom stereocenters. The summed E-state index contributed by atoms with van der Waals surface area (Å²) in [5, 5.41) is 4.64. The van der Waals surface area contributed by atoms with Gasteiger partial charge in [0.2, 0.25) is 0 Å². The Labute approximate surface area is 477 Å². The van der Waals surface area contributed by atoms with E-state index in [0.29, 0.717) is 0 Å². The molecule has 82 heavy (non-hydrogen) atoms. The van der Waals surface area contributed by atoms with Crippen LogP contribution in [0, 0.1) is 27.7 Å². The molecule has 6 nitrogen and oxygen atoms in total. The summed E-state index contributed by atoms with van der Waals surface area (Å²) in [6.07, 6.45) is 0. The molecule has 0 fully saturated rings. The highest BCUT2D eigenvalue weighted by atomic mass is 15.2. The van der Waals surface area contributed by atoms with E-state index in [9.17, 15) is 0 Å². The average molecular weight is 1060 g/mol. The van der Waals surface area contributed by atoms with Gasteiger partial charge in [0, 0.05) is 78.4 Å². The van der Waals surface area contributed by atoms with Gasteiger partial charge in [-0.3, -0.25) is 0 Å². The van der Waals surface area contributed by atoms with E-state index >= 15 is 0 Å². The fourth-order valence-corrected chi connectivity index (χ4v) is 12.5. The molecule has 0 amide bonds. The summed E-state index contributed by atoms with van der Waals surface area (Å²) in [5.74, 6) is 0. The first-order chi connectivity index (χ1) is 40.3. The van der Waals surface area contributed by atoms with E-state index in [1.807, 2.05) is 0 Å². The van der Waals surface area contributed by atoms with Crippen molar-refractivity contribution in [1.29, 1.82) is 0 Å². The summed E-state index contributed by atoms with van der Waals surface area (Å²) < 4.78 is 5.13. The Morgan fingerprint density at radius 2 is 0.463 bits per heavy atom. The number of anilines is 12. The minimum atomic E-state index is 1.07. The zero-order valence-electron chi connectivity index (χ0n) is 46.2. The Kier molecular flexibility index (Phi) is 11.6. The third-order valence-corrected chi connectivity index (χ3v) is 16.4. The first-order valence-electron chi connectivity index (χ1n) is 28.3. The molecule has 0 bridgehead atoms. The van der Waals surface area contributed by atoms with Crippen molar-refractivity contribution in [2.45, 2.75) is 27.7 Å². The molecule has 15 rings (SSSR count). The van der Waals surface area contributed by atoms with Gasteiger partial charge in [-0.15, -0.1) is 0 Å². The Balaban J connectivity index is 1.10. The van der Waals surface area contributed by atoms with Gasteiger partial charge in [-0.25, -0.2) is 0 Å². The molecule has 0 N–H and O–H groups in total. The summed E-state index contributed by atoms with van der Waals surface area (Å²) in [6.45, 7) is 8.62. The molecule has 0 spiro atoms. The summed E-state index contributed by atoms with van der Waals surface area (Å²) in [5.41, 5.74) is 24.7. The molecule has 12 aromatic carbocycles. The first kappa shape index (κ1) is 48.6. The quantitative estimate of drug-likeness (QED) is 0.114. The predicted octanol–water partition coefficient (Wildman–Crippen LogP) is 21.4. The van der Waals surface area contributed by atoms with Crippen LogP contribution in [0.3, 0.4) is 0 Å². The van der Waals surface area contributed by atoms with E-state index in [2.05, 4.69) is 335 Å². The van der Waals surface area contributed by atoms with Gasteiger partial charge in [-0.2, -0.15) is 0 Å². The smallest absolute Gasteiger partial charge is 0.0804 e. The topological polar surface area (TPSA) is 21.8 Å². The number of nitrogens with zero attached hydrogens (tertiary/aromatic N) is 6. The van der Waals surface area contributed by atoms with Gasteiger partial charge in [-0.1, -0.05) is 144 Å². The number of hydrogen-bond donors (Lipinski definition) is 0. The Hall–Kier alpha value is -10.6. The lowest BCUT2D eigenvalue weighted by molar-refractivity contribution is 1.24. The molecule has 0 atom stereocenters. The molecule has 392 valence electrons. The van der Waals surface area contributed by atoms with Crippen molar-refractivity contribution in [3.63, 3.8) is 0 Å². The second kappa shape index (κ2) is 19.7. The van der Waals surface area contributed by atoms with E-state index in [-0.39, 0.29) is 0 Å². The maximum atomic E-state index is 2.57. The summed E-state index contributed by atoms with van der Waals surface area (Å²) in [6, 6.07) is 103. The van der Waals surface area contributed by atoms with Crippen LogP contribution in [0.4, 0.5) is 68.2 Å². The zero-order valence-corrected chi connectivity index (χ0v) is 46.2. The third kappa shape index (κ3) is 8.02. The number of para-hydroxylation sites is 4. The van der Waals surface area contributed by atoms with Crippen LogP contribution in [0.1, 0.15) is 22.3 Å². The van der Waals surface area contributed by atoms with Gasteiger partial charge in [0.15, 0.2) is 0 Å². The van der Waals surface area contributed by atoms with Crippen molar-refractivity contribution < 1.29 is 0 Å². The van der Waals surface area contributed by atoms with Crippen LogP contribution < -0.4 is 19.6 Å². The van der Waals surface area contributed by atoms with Crippen molar-refractivity contribution in [3.8, 4) is 0 Å². The van der Waals surface area contributed by atoms with Gasteiger partial charge < -0.3 is 28.4 Å². The first-order valence-corrected chi connectivity index (χ1v) is 28.3. The molecular formula is C76H58N6. The van der Waals surface area contributed by atoms with Gasteiger partial charge in [-0.05, 0) is 185 Å². The fraction of sp³-hybridized carbons (Fsp3) is 0.0526. The van der Waals surface area contributed by atoms with Crippen LogP contribution in [0.2, 0.25) is 0 Å². The maximum Gasteiger partial charge on any atom is 0.0804 e. The molecule has 15 aromatic rings. The highest BCUT2D eigenvalue weighted by Crippen LogP contribution is 2.52. The Bertz CT molecular complexity index is 4490. The fourth-order valence-electron chi connectivity index (χ4n) is 12.5. The molecular weight excluding hydrogens is 997 g/mol. The molecule has 0 saturated heterocycles. The number of aromatic nitrogens is 2. The number of aryl methyl sites for hydroxylation is 4. The summed E-state index contributed by atoms with van der Waals surface area (Å²) in [7, 11) is 0. The molecule has 3 heterocycles. The van der Waals surface area contributed by atoms with Crippen molar-refractivity contribution in [1.82, 2.24) is 8.80 Å². The second-order valence-electron chi connectivity index (χ2n) is 21.8. The largest absolute Gasteiger partial charge is 0.310 e. The standard InChI is InChI=1S/C76H58N6/c1-51-25-33-59(34-26-51)77(55-17-9-5-10-18-55)63-41-43-67-65(49-63)73-69(79(57-21-13-7-14-22-57)61-37-29-53(3)30-38-61)45-47-71-75(73)81(67)72-48-46-70(80(58-23-15-8-16-24-58)62-39-31-54(4)32-40-62)74-66-50-64(42-44-68(66)82(71)76(72)74)78(56-19-11-6-12-20-56)60-35-27-52(2)28-36-60/h5-50H,1-4H3. The van der Waals surface area contributed by atoms with Gasteiger partial charge >= 0.3 is 0 Å². The summed E-state index contributed by atoms with van der Waals surface area (Å²) in [4.78, 5) is 9.67. The van der Waals surface area contributed by atoms with Crippen LogP contribution in [0.5, 0.6) is 0 Å². The Morgan fingerprint density at radius 1 is 0.220 bits per heavy atom. The molecule has 0 aliphatic heterocycles. The van der Waals surface area contributed by atoms with E-state index in [1.54, 1.807) is 0 Å². The number of hydrogen-bond acceptors (Lipinski definition) is 4. The highest BCUT2D eigenvalue weighted by Gasteiger charge is 2.30. The minimum Gasteiger partial charge on any atom is -0.310 e. The van der Waals surface area contributed by atoms with Crippen LogP contribution in [0.25, 0.3) is 54.6 Å². The van der Waals surface area contributed by atoms with Gasteiger partial charge in [0.25, 0.3) is 0 Å². The van der Waals surface area contributed by atoms with E-state index in [1.165, 1.54) is 22.3 Å². The molecule has 6 heteroatoms. The van der Waals surface area contributed by atoms with Crippen LogP contribution in [-0.4, -0.2) is 8.80 Å². The van der Waals surface area contributed by atoms with Crippen LogP contribution in [0.15, 0.2) is 279 Å². The SMILES string of the molecule is Cc1ccc(N(c2ccccc2)c2ccc3c(c2)c2c(N(c4ccccc4)c4ccc(C)cc4)ccc4c2n3c2ccc(N(c3ccccc3)c3ccc(C)cc3)c3c5cc(N(c6ccccc6)c6ccc(C)cc6)ccc5n4c32)cc1. The van der Waals surface area contributed by atoms with Crippen molar-refractivity contribution in [2.24, 2.45) is 0 Å². The van der Waals surface area contributed by atoms with Crippen LogP contribution in [-0.2, 0) is 0 Å². The lowest BCUT2D eigenvalue weighted by Crippen LogP contribution is -2.11. The normalized spacial score (nSPS) is 11.7. The van der Waals surface area contributed by atoms with Crippen molar-refractivity contribution in [2.75, 3.05) is 19.6 Å². The number of fused-ring (bicyclic) bond motifs is 8. The van der Waals surface area contributed by atoms with Gasteiger partial charge in [0.1, 0.15) is 0 Å². The van der Waals surface area contributed by atoms with Crippen LogP contribution >= 0.6 is 0 Å². The minimum absolute atomic E-state index is 1.07. The van der Waals surface area contributed by atoms with E-state index < -0.39 is 0 Å². The number of benzene rings is 12. The lowest BCUT2D eigenvalue weighted by Gasteiger charge is -2.28. The van der Waals surface area contributed by atoms with Gasteiger partial charge in [0.05, 0.1) is 44.5 Å². The zero-order chi connectivity index (χ0) is 55.0. The number of rotatable bonds is 12. The average Bonchev–Trinajstić information content (AvgIpc) is 1.70. The second-order valence-corrected chi connectivity index (χ2v) is 21.8. The molecule has 0 aliphatic rings. The monoisotopic (exact) mass is 1050 g/mol. The van der Waals surface area contributed by atoms with Crippen molar-refractivity contribution in [3.05, 3.63) is 301 Å². The Morgan fingerprint density at radius 3 is 0.768 bits per heavy atom. The molecule has 0 aliphatic carbocycles.